The second-order valence-electron chi connectivity index (χ2n) is 7.61. The van der Waals surface area contributed by atoms with Gasteiger partial charge in [0.05, 0.1) is 6.26 Å². The van der Waals surface area contributed by atoms with Crippen molar-refractivity contribution in [1.82, 2.24) is 0 Å². The first kappa shape index (κ1) is 20.3. The average molecular weight is 384 g/mol. The van der Waals surface area contributed by atoms with E-state index in [1.807, 2.05) is 13.0 Å². The molecule has 0 radical (unpaired) electrons. The molecule has 5 nitrogen and oxygen atoms in total. The minimum absolute atomic E-state index is 0.0797. The Hall–Kier alpha value is -2.40. The van der Waals surface area contributed by atoms with Crippen molar-refractivity contribution in [1.29, 1.82) is 0 Å². The lowest BCUT2D eigenvalue weighted by Gasteiger charge is -2.37. The van der Waals surface area contributed by atoms with E-state index in [0.29, 0.717) is 23.3 Å². The van der Waals surface area contributed by atoms with Crippen molar-refractivity contribution in [2.45, 2.75) is 71.0 Å². The van der Waals surface area contributed by atoms with E-state index in [0.717, 1.165) is 37.7 Å². The fourth-order valence-corrected chi connectivity index (χ4v) is 3.87. The van der Waals surface area contributed by atoms with E-state index >= 15 is 0 Å². The summed E-state index contributed by atoms with van der Waals surface area (Å²) < 4.78 is 11.0. The van der Waals surface area contributed by atoms with Gasteiger partial charge < -0.3 is 14.6 Å². The quantitative estimate of drug-likeness (QED) is 0.386. The third kappa shape index (κ3) is 3.63. The first-order chi connectivity index (χ1) is 13.4. The number of aliphatic hydroxyl groups is 1. The number of aliphatic hydroxyl groups excluding tert-OH is 1. The predicted octanol–water partition coefficient (Wildman–Crippen LogP) is 4.20. The molecule has 0 amide bonds. The molecule has 0 aromatic rings. The van der Waals surface area contributed by atoms with Crippen LogP contribution >= 0.6 is 0 Å². The van der Waals surface area contributed by atoms with Gasteiger partial charge in [0.15, 0.2) is 11.4 Å². The van der Waals surface area contributed by atoms with Gasteiger partial charge in [-0.05, 0) is 44.1 Å². The maximum Gasteiger partial charge on any atom is 0.343 e. The molecule has 2 atom stereocenters. The smallest absolute Gasteiger partial charge is 0.343 e. The zero-order valence-electron chi connectivity index (χ0n) is 16.8. The lowest BCUT2D eigenvalue weighted by molar-refractivity contribution is -0.152. The summed E-state index contributed by atoms with van der Waals surface area (Å²) >= 11 is 0. The van der Waals surface area contributed by atoms with Crippen LogP contribution in [0, 0.1) is 0 Å². The number of carbonyl (C=O) groups excluding carboxylic acids is 2. The Balaban J connectivity index is 1.91. The maximum absolute atomic E-state index is 12.8. The standard InChI is InChI=1S/C23H28O5/c1-4-6-7-8-9-11-19(24)20-18-13-15-12-16(10-5-2)27-14-17(15)21(25)23(18,3)28-22(20)26/h5,10,12-14,21,25H,4,6-9,11H2,1-3H3/b10-5+/t21-,23+/m0/s1. The number of ketones is 1. The summed E-state index contributed by atoms with van der Waals surface area (Å²) in [5.74, 6) is -0.228. The predicted molar refractivity (Wildman–Crippen MR) is 106 cm³/mol. The lowest BCUT2D eigenvalue weighted by atomic mass is 9.75. The van der Waals surface area contributed by atoms with Gasteiger partial charge in [-0.25, -0.2) is 4.79 Å². The van der Waals surface area contributed by atoms with Crippen molar-refractivity contribution >= 4 is 11.8 Å². The van der Waals surface area contributed by atoms with Crippen LogP contribution in [-0.4, -0.2) is 28.6 Å². The van der Waals surface area contributed by atoms with Crippen molar-refractivity contribution < 1.29 is 24.2 Å². The van der Waals surface area contributed by atoms with E-state index in [9.17, 15) is 14.7 Å². The molecule has 28 heavy (non-hydrogen) atoms. The summed E-state index contributed by atoms with van der Waals surface area (Å²) in [6.07, 6.45) is 13.0. The Kier molecular flexibility index (Phi) is 6.04. The number of ether oxygens (including phenoxy) is 2. The minimum atomic E-state index is -1.27. The van der Waals surface area contributed by atoms with Crippen LogP contribution in [0.5, 0.6) is 0 Å². The molecule has 0 aromatic carbocycles. The third-order valence-electron chi connectivity index (χ3n) is 5.50. The molecule has 0 unspecified atom stereocenters. The summed E-state index contributed by atoms with van der Waals surface area (Å²) in [6.45, 7) is 5.67. The van der Waals surface area contributed by atoms with Crippen LogP contribution in [0.1, 0.15) is 59.3 Å². The van der Waals surface area contributed by atoms with Crippen LogP contribution in [-0.2, 0) is 19.1 Å². The molecule has 2 aliphatic heterocycles. The van der Waals surface area contributed by atoms with Gasteiger partial charge in [-0.1, -0.05) is 38.7 Å². The maximum atomic E-state index is 12.8. The monoisotopic (exact) mass is 384 g/mol. The summed E-state index contributed by atoms with van der Waals surface area (Å²) in [5.41, 5.74) is 0.547. The van der Waals surface area contributed by atoms with Crippen molar-refractivity contribution in [3.8, 4) is 0 Å². The van der Waals surface area contributed by atoms with Gasteiger partial charge in [-0.2, -0.15) is 0 Å². The molecule has 0 fully saturated rings. The number of hydrogen-bond acceptors (Lipinski definition) is 5. The molecule has 0 spiro atoms. The average Bonchev–Trinajstić information content (AvgIpc) is 2.92. The van der Waals surface area contributed by atoms with Crippen LogP contribution < -0.4 is 0 Å². The fourth-order valence-electron chi connectivity index (χ4n) is 3.87. The second-order valence-corrected chi connectivity index (χ2v) is 7.61. The summed E-state index contributed by atoms with van der Waals surface area (Å²) in [5, 5.41) is 10.9. The number of carbonyl (C=O) groups is 2. The van der Waals surface area contributed by atoms with E-state index in [1.165, 1.54) is 6.26 Å². The number of Topliss-reactive ketones (excluding diaryl/α,β-unsaturated/α-hetero) is 1. The van der Waals surface area contributed by atoms with E-state index in [4.69, 9.17) is 9.47 Å². The number of fused-ring (bicyclic) bond motifs is 2. The van der Waals surface area contributed by atoms with Crippen LogP contribution in [0.2, 0.25) is 0 Å². The topological polar surface area (TPSA) is 72.8 Å². The zero-order chi connectivity index (χ0) is 20.3. The lowest BCUT2D eigenvalue weighted by Crippen LogP contribution is -2.45. The van der Waals surface area contributed by atoms with Gasteiger partial charge >= 0.3 is 5.97 Å². The molecule has 1 aliphatic carbocycles. The van der Waals surface area contributed by atoms with Crippen LogP contribution in [0.3, 0.4) is 0 Å². The SMILES string of the molecule is C/C=C/C1=CC2=CC3=C(C(=O)CCCCCCC)C(=O)O[C@@]3(C)[C@@H](O)C2=CO1. The Labute approximate surface area is 166 Å². The molecule has 0 saturated carbocycles. The molecule has 0 saturated heterocycles. The highest BCUT2D eigenvalue weighted by Gasteiger charge is 2.53. The molecule has 0 aromatic heterocycles. The molecule has 150 valence electrons. The largest absolute Gasteiger partial charge is 0.465 e. The number of unbranched alkanes of at least 4 members (excludes halogenated alkanes) is 4. The van der Waals surface area contributed by atoms with Crippen molar-refractivity contribution in [3.63, 3.8) is 0 Å². The second kappa shape index (κ2) is 8.31. The Bertz CT molecular complexity index is 824. The summed E-state index contributed by atoms with van der Waals surface area (Å²) in [6, 6.07) is 0. The molecule has 3 rings (SSSR count). The van der Waals surface area contributed by atoms with Gasteiger partial charge in [0.2, 0.25) is 0 Å². The number of hydrogen-bond donors (Lipinski definition) is 1. The third-order valence-corrected chi connectivity index (χ3v) is 5.50. The highest BCUT2D eigenvalue weighted by molar-refractivity contribution is 6.20. The zero-order valence-corrected chi connectivity index (χ0v) is 16.8. The van der Waals surface area contributed by atoms with E-state index in [2.05, 4.69) is 6.92 Å². The highest BCUT2D eigenvalue weighted by atomic mass is 16.6. The molecular weight excluding hydrogens is 356 g/mol. The van der Waals surface area contributed by atoms with E-state index in [-0.39, 0.29) is 11.4 Å². The van der Waals surface area contributed by atoms with Gasteiger partial charge in [-0.3, -0.25) is 4.79 Å². The Morgan fingerprint density at radius 3 is 2.71 bits per heavy atom. The Morgan fingerprint density at radius 1 is 1.25 bits per heavy atom. The first-order valence-corrected chi connectivity index (χ1v) is 10.0. The van der Waals surface area contributed by atoms with Crippen LogP contribution in [0.4, 0.5) is 0 Å². The van der Waals surface area contributed by atoms with Crippen molar-refractivity contribution in [2.24, 2.45) is 0 Å². The van der Waals surface area contributed by atoms with Crippen LogP contribution in [0.15, 0.2) is 58.6 Å². The minimum Gasteiger partial charge on any atom is -0.465 e. The van der Waals surface area contributed by atoms with Gasteiger partial charge in [0.25, 0.3) is 0 Å². The Morgan fingerprint density at radius 2 is 2.00 bits per heavy atom. The summed E-state index contributed by atoms with van der Waals surface area (Å²) in [4.78, 5) is 25.3. The molecular formula is C23H28O5. The first-order valence-electron chi connectivity index (χ1n) is 10.0. The van der Waals surface area contributed by atoms with Gasteiger partial charge in [0, 0.05) is 17.6 Å². The molecule has 3 aliphatic rings. The van der Waals surface area contributed by atoms with Crippen LogP contribution in [0.25, 0.3) is 0 Å². The van der Waals surface area contributed by atoms with E-state index in [1.54, 1.807) is 25.2 Å². The number of rotatable bonds is 8. The normalized spacial score (nSPS) is 26.2. The van der Waals surface area contributed by atoms with Gasteiger partial charge in [-0.15, -0.1) is 0 Å². The number of allylic oxidation sites excluding steroid dienone is 3. The van der Waals surface area contributed by atoms with Gasteiger partial charge in [0.1, 0.15) is 17.4 Å². The fraction of sp³-hybridized carbons (Fsp3) is 0.478. The van der Waals surface area contributed by atoms with Crippen molar-refractivity contribution in [3.05, 3.63) is 58.6 Å². The highest BCUT2D eigenvalue weighted by Crippen LogP contribution is 2.46. The number of esters is 1. The summed E-state index contributed by atoms with van der Waals surface area (Å²) in [7, 11) is 0. The van der Waals surface area contributed by atoms with E-state index < -0.39 is 17.7 Å². The van der Waals surface area contributed by atoms with Crippen molar-refractivity contribution in [2.75, 3.05) is 0 Å². The molecule has 2 heterocycles. The molecule has 5 heteroatoms. The molecule has 1 N–H and O–H groups in total. The molecule has 0 bridgehead atoms.